The molecule has 3 rings (SSSR count). The zero-order valence-electron chi connectivity index (χ0n) is 19.4. The SMILES string of the molecule is COc1ccc(CCN(C)C2CCCN(C(=O)c3cc(CC(C)C)on3)C2)cc1OC. The molecule has 7 heteroatoms. The van der Waals surface area contributed by atoms with Crippen molar-refractivity contribution in [3.8, 4) is 11.5 Å². The molecule has 0 spiro atoms. The molecule has 31 heavy (non-hydrogen) atoms. The van der Waals surface area contributed by atoms with E-state index in [1.807, 2.05) is 17.0 Å². The van der Waals surface area contributed by atoms with Crippen LogP contribution in [0.4, 0.5) is 0 Å². The summed E-state index contributed by atoms with van der Waals surface area (Å²) in [4.78, 5) is 17.2. The second-order valence-corrected chi connectivity index (χ2v) is 8.74. The first-order valence-corrected chi connectivity index (χ1v) is 11.1. The molecule has 0 aliphatic carbocycles. The van der Waals surface area contributed by atoms with E-state index in [1.165, 1.54) is 5.56 Å². The molecule has 0 radical (unpaired) electrons. The van der Waals surface area contributed by atoms with Gasteiger partial charge in [-0.3, -0.25) is 4.79 Å². The quantitative estimate of drug-likeness (QED) is 0.606. The predicted octanol–water partition coefficient (Wildman–Crippen LogP) is 3.67. The minimum absolute atomic E-state index is 0.0308. The number of hydrogen-bond donors (Lipinski definition) is 0. The Balaban J connectivity index is 1.56. The molecule has 0 N–H and O–H groups in total. The number of rotatable bonds is 9. The Labute approximate surface area is 185 Å². The van der Waals surface area contributed by atoms with Crippen LogP contribution < -0.4 is 9.47 Å². The maximum absolute atomic E-state index is 12.9. The van der Waals surface area contributed by atoms with Crippen molar-refractivity contribution < 1.29 is 18.8 Å². The highest BCUT2D eigenvalue weighted by molar-refractivity contribution is 5.92. The van der Waals surface area contributed by atoms with E-state index in [0.717, 1.165) is 56.0 Å². The lowest BCUT2D eigenvalue weighted by atomic mass is 10.0. The van der Waals surface area contributed by atoms with Crippen LogP contribution in [0, 0.1) is 5.92 Å². The van der Waals surface area contributed by atoms with Crippen LogP contribution in [0.5, 0.6) is 11.5 Å². The molecular formula is C24H35N3O4. The van der Waals surface area contributed by atoms with Crippen LogP contribution in [0.15, 0.2) is 28.8 Å². The smallest absolute Gasteiger partial charge is 0.276 e. The number of benzene rings is 1. The molecule has 2 aromatic rings. The number of amides is 1. The first-order valence-electron chi connectivity index (χ1n) is 11.1. The van der Waals surface area contributed by atoms with Gasteiger partial charge >= 0.3 is 0 Å². The van der Waals surface area contributed by atoms with Crippen molar-refractivity contribution in [2.75, 3.05) is 40.9 Å². The fourth-order valence-electron chi connectivity index (χ4n) is 4.10. The average Bonchev–Trinajstić information content (AvgIpc) is 3.24. The van der Waals surface area contributed by atoms with E-state index < -0.39 is 0 Å². The molecule has 1 amide bonds. The molecule has 1 unspecified atom stereocenters. The maximum Gasteiger partial charge on any atom is 0.276 e. The standard InChI is InChI=1S/C24H35N3O4/c1-17(2)13-20-15-21(25-31-20)24(28)27-11-6-7-19(16-27)26(3)12-10-18-8-9-22(29-4)23(14-18)30-5/h8-9,14-15,17,19H,6-7,10-13,16H2,1-5H3. The van der Waals surface area contributed by atoms with Gasteiger partial charge < -0.3 is 23.8 Å². The van der Waals surface area contributed by atoms with Crippen LogP contribution in [-0.4, -0.2) is 67.8 Å². The molecule has 1 aliphatic rings. The summed E-state index contributed by atoms with van der Waals surface area (Å²) in [5, 5.41) is 4.02. The minimum atomic E-state index is -0.0308. The third kappa shape index (κ3) is 6.00. The van der Waals surface area contributed by atoms with Gasteiger partial charge in [0.25, 0.3) is 5.91 Å². The Morgan fingerprint density at radius 2 is 2.03 bits per heavy atom. The first kappa shape index (κ1) is 23.1. The van der Waals surface area contributed by atoms with Gasteiger partial charge in [0.05, 0.1) is 14.2 Å². The second-order valence-electron chi connectivity index (χ2n) is 8.74. The molecule has 1 saturated heterocycles. The van der Waals surface area contributed by atoms with Gasteiger partial charge in [0.15, 0.2) is 17.2 Å². The van der Waals surface area contributed by atoms with E-state index in [0.29, 0.717) is 24.2 Å². The van der Waals surface area contributed by atoms with Gasteiger partial charge in [-0.15, -0.1) is 0 Å². The van der Waals surface area contributed by atoms with Crippen LogP contribution in [0.25, 0.3) is 0 Å². The van der Waals surface area contributed by atoms with E-state index in [-0.39, 0.29) is 5.91 Å². The summed E-state index contributed by atoms with van der Waals surface area (Å²) in [6.45, 7) is 6.64. The Hall–Kier alpha value is -2.54. The Morgan fingerprint density at radius 1 is 1.26 bits per heavy atom. The topological polar surface area (TPSA) is 68.0 Å². The molecular weight excluding hydrogens is 394 g/mol. The highest BCUT2D eigenvalue weighted by Crippen LogP contribution is 2.28. The number of aromatic nitrogens is 1. The Bertz CT molecular complexity index is 864. The Kier molecular flexibility index (Phi) is 7.96. The van der Waals surface area contributed by atoms with Crippen LogP contribution >= 0.6 is 0 Å². The molecule has 1 aliphatic heterocycles. The van der Waals surface area contributed by atoms with Crippen LogP contribution in [0.3, 0.4) is 0 Å². The zero-order chi connectivity index (χ0) is 22.4. The van der Waals surface area contributed by atoms with Gasteiger partial charge in [-0.2, -0.15) is 0 Å². The highest BCUT2D eigenvalue weighted by Gasteiger charge is 2.28. The monoisotopic (exact) mass is 429 g/mol. The number of piperidine rings is 1. The van der Waals surface area contributed by atoms with Crippen molar-refractivity contribution in [2.45, 2.75) is 45.6 Å². The van der Waals surface area contributed by atoms with Crippen molar-refractivity contribution in [2.24, 2.45) is 5.92 Å². The second kappa shape index (κ2) is 10.7. The van der Waals surface area contributed by atoms with Crippen molar-refractivity contribution in [1.29, 1.82) is 0 Å². The van der Waals surface area contributed by atoms with Gasteiger partial charge in [-0.1, -0.05) is 25.1 Å². The predicted molar refractivity (Wildman–Crippen MR) is 120 cm³/mol. The summed E-state index contributed by atoms with van der Waals surface area (Å²) in [6.07, 6.45) is 3.78. The Morgan fingerprint density at radius 3 is 2.74 bits per heavy atom. The van der Waals surface area contributed by atoms with Crippen LogP contribution in [-0.2, 0) is 12.8 Å². The molecule has 1 aromatic carbocycles. The summed E-state index contributed by atoms with van der Waals surface area (Å²) in [5.74, 6) is 2.71. The molecule has 1 fully saturated rings. The van der Waals surface area contributed by atoms with E-state index in [9.17, 15) is 4.79 Å². The number of hydrogen-bond acceptors (Lipinski definition) is 6. The van der Waals surface area contributed by atoms with Gasteiger partial charge in [0, 0.05) is 38.2 Å². The van der Waals surface area contributed by atoms with Crippen molar-refractivity contribution in [3.05, 3.63) is 41.3 Å². The normalized spacial score (nSPS) is 16.7. The van der Waals surface area contributed by atoms with Gasteiger partial charge in [0.1, 0.15) is 5.76 Å². The first-order chi connectivity index (χ1) is 14.9. The average molecular weight is 430 g/mol. The molecule has 1 aromatic heterocycles. The van der Waals surface area contributed by atoms with Gasteiger partial charge in [0.2, 0.25) is 0 Å². The summed E-state index contributed by atoms with van der Waals surface area (Å²) >= 11 is 0. The van der Waals surface area contributed by atoms with E-state index in [1.54, 1.807) is 20.3 Å². The summed E-state index contributed by atoms with van der Waals surface area (Å²) in [5.41, 5.74) is 1.62. The molecule has 0 bridgehead atoms. The maximum atomic E-state index is 12.9. The third-order valence-corrected chi connectivity index (χ3v) is 5.90. The molecule has 7 nitrogen and oxygen atoms in total. The van der Waals surface area contributed by atoms with E-state index in [4.69, 9.17) is 14.0 Å². The van der Waals surface area contributed by atoms with Crippen LogP contribution in [0.2, 0.25) is 0 Å². The van der Waals surface area contributed by atoms with Crippen molar-refractivity contribution in [3.63, 3.8) is 0 Å². The summed E-state index contributed by atoms with van der Waals surface area (Å²) in [6, 6.07) is 8.18. The highest BCUT2D eigenvalue weighted by atomic mass is 16.5. The van der Waals surface area contributed by atoms with Gasteiger partial charge in [-0.05, 0) is 49.9 Å². The van der Waals surface area contributed by atoms with Crippen molar-refractivity contribution in [1.82, 2.24) is 15.0 Å². The number of likely N-dealkylation sites (N-methyl/N-ethyl adjacent to an activating group) is 1. The third-order valence-electron chi connectivity index (χ3n) is 5.90. The fraction of sp³-hybridized carbons (Fsp3) is 0.583. The fourth-order valence-corrected chi connectivity index (χ4v) is 4.10. The largest absolute Gasteiger partial charge is 0.493 e. The lowest BCUT2D eigenvalue weighted by molar-refractivity contribution is 0.0601. The lowest BCUT2D eigenvalue weighted by Gasteiger charge is -2.37. The number of methoxy groups -OCH3 is 2. The number of carbonyl (C=O) groups excluding carboxylic acids is 1. The summed E-state index contributed by atoms with van der Waals surface area (Å²) < 4.78 is 16.1. The number of nitrogens with zero attached hydrogens (tertiary/aromatic N) is 3. The zero-order valence-corrected chi connectivity index (χ0v) is 19.4. The number of carbonyl (C=O) groups is 1. The minimum Gasteiger partial charge on any atom is -0.493 e. The molecule has 1 atom stereocenters. The van der Waals surface area contributed by atoms with Gasteiger partial charge in [-0.25, -0.2) is 0 Å². The van der Waals surface area contributed by atoms with Crippen molar-refractivity contribution >= 4 is 5.91 Å². The number of ether oxygens (including phenoxy) is 2. The molecule has 0 saturated carbocycles. The van der Waals surface area contributed by atoms with Crippen LogP contribution in [0.1, 0.15) is 48.5 Å². The summed E-state index contributed by atoms with van der Waals surface area (Å²) in [7, 11) is 5.43. The number of likely N-dealkylation sites (tertiary alicyclic amines) is 1. The molecule has 170 valence electrons. The van der Waals surface area contributed by atoms with E-state index in [2.05, 4.69) is 37.0 Å². The molecule has 2 heterocycles. The van der Waals surface area contributed by atoms with E-state index >= 15 is 0 Å². The lowest BCUT2D eigenvalue weighted by Crippen LogP contribution is -2.49.